The molecule has 0 fully saturated rings. The topological polar surface area (TPSA) is 35.6 Å². The zero-order valence-electron chi connectivity index (χ0n) is 40.9. The Morgan fingerprint density at radius 2 is 0.632 bits per heavy atom. The summed E-state index contributed by atoms with van der Waals surface area (Å²) in [5.41, 5.74) is 16.1. The first kappa shape index (κ1) is 43.0. The summed E-state index contributed by atoms with van der Waals surface area (Å²) in [6, 6.07) is 93.0. The predicted molar refractivity (Wildman–Crippen MR) is 324 cm³/mol. The molecule has 0 aliphatic carbocycles. The average Bonchev–Trinajstić information content (AvgIpc) is 4.31. The molecule has 4 nitrogen and oxygen atoms in total. The van der Waals surface area contributed by atoms with E-state index < -0.39 is 0 Å². The van der Waals surface area contributed by atoms with Gasteiger partial charge in [-0.1, -0.05) is 170 Å². The number of hydrogen-bond donors (Lipinski definition) is 0. The zero-order chi connectivity index (χ0) is 49.8. The van der Waals surface area contributed by atoms with Gasteiger partial charge in [0.1, 0.15) is 0 Å². The number of fused-ring (bicyclic) bond motifs is 12. The molecule has 0 atom stereocenters. The Hall–Kier alpha value is -9.46. The highest BCUT2D eigenvalue weighted by atomic mass is 32.1. The van der Waals surface area contributed by atoms with Gasteiger partial charge in [-0.3, -0.25) is 0 Å². The molecule has 0 unspecified atom stereocenters. The summed E-state index contributed by atoms with van der Waals surface area (Å²) in [5.74, 6) is 0.681. The molecule has 0 aliphatic heterocycles. The van der Waals surface area contributed by atoms with Crippen LogP contribution in [0.25, 0.3) is 151 Å². The molecule has 0 radical (unpaired) electrons. The Morgan fingerprint density at radius 1 is 0.237 bits per heavy atom. The van der Waals surface area contributed by atoms with Gasteiger partial charge in [0.15, 0.2) is 5.82 Å². The van der Waals surface area contributed by atoms with Gasteiger partial charge in [0.05, 0.1) is 33.5 Å². The van der Waals surface area contributed by atoms with Crippen molar-refractivity contribution in [2.24, 2.45) is 0 Å². The lowest BCUT2D eigenvalue weighted by Gasteiger charge is -2.16. The molecule has 0 bridgehead atoms. The third kappa shape index (κ3) is 6.89. The van der Waals surface area contributed by atoms with E-state index in [9.17, 15) is 0 Å². The molecule has 16 aromatic rings. The highest BCUT2D eigenvalue weighted by molar-refractivity contribution is 7.26. The van der Waals surface area contributed by atoms with Gasteiger partial charge in [0.25, 0.3) is 0 Å². The Kier molecular flexibility index (Phi) is 9.64. The molecule has 0 amide bonds. The number of hydrogen-bond acceptors (Lipinski definition) is 4. The van der Waals surface area contributed by atoms with Crippen LogP contribution in [0.4, 0.5) is 0 Å². The number of nitrogens with zero attached hydrogens (tertiary/aromatic N) is 4. The summed E-state index contributed by atoms with van der Waals surface area (Å²) in [5, 5.41) is 10.1. The average molecular weight is 1000 g/mol. The van der Waals surface area contributed by atoms with Crippen LogP contribution in [0.15, 0.2) is 255 Å². The number of para-hydroxylation sites is 2. The van der Waals surface area contributed by atoms with Crippen molar-refractivity contribution in [3.8, 4) is 67.5 Å². The number of rotatable bonds is 7. The van der Waals surface area contributed by atoms with E-state index in [1.165, 1.54) is 84.1 Å². The van der Waals surface area contributed by atoms with Crippen LogP contribution in [-0.4, -0.2) is 19.1 Å². The van der Waals surface area contributed by atoms with E-state index in [4.69, 9.17) is 9.97 Å². The number of thiophene rings is 2. The summed E-state index contributed by atoms with van der Waals surface area (Å²) in [6.07, 6.45) is 0. The molecule has 6 heteroatoms. The van der Waals surface area contributed by atoms with Gasteiger partial charge in [-0.25, -0.2) is 9.97 Å². The van der Waals surface area contributed by atoms with E-state index in [0.717, 1.165) is 61.5 Å². The second-order valence-electron chi connectivity index (χ2n) is 19.7. The highest BCUT2D eigenvalue weighted by Gasteiger charge is 2.21. The maximum absolute atomic E-state index is 5.43. The first-order valence-electron chi connectivity index (χ1n) is 25.7. The summed E-state index contributed by atoms with van der Waals surface area (Å²) in [7, 11) is 0. The van der Waals surface area contributed by atoms with Crippen LogP contribution < -0.4 is 0 Å². The molecular formula is C70H42N4S2. The van der Waals surface area contributed by atoms with Gasteiger partial charge in [-0.05, 0) is 107 Å². The zero-order valence-corrected chi connectivity index (χ0v) is 42.5. The normalized spacial score (nSPS) is 11.9. The van der Waals surface area contributed by atoms with Crippen molar-refractivity contribution >= 4 is 107 Å². The predicted octanol–water partition coefficient (Wildman–Crippen LogP) is 19.7. The Labute approximate surface area is 445 Å². The van der Waals surface area contributed by atoms with Crippen LogP contribution >= 0.6 is 22.7 Å². The van der Waals surface area contributed by atoms with Gasteiger partial charge >= 0.3 is 0 Å². The van der Waals surface area contributed by atoms with Crippen molar-refractivity contribution < 1.29 is 0 Å². The fraction of sp³-hybridized carbons (Fsp3) is 0. The van der Waals surface area contributed by atoms with Crippen molar-refractivity contribution in [1.29, 1.82) is 0 Å². The summed E-state index contributed by atoms with van der Waals surface area (Å²) in [6.45, 7) is 0. The maximum Gasteiger partial charge on any atom is 0.160 e. The minimum atomic E-state index is 0.681. The van der Waals surface area contributed by atoms with Crippen molar-refractivity contribution in [2.45, 2.75) is 0 Å². The smallest absolute Gasteiger partial charge is 0.160 e. The largest absolute Gasteiger partial charge is 0.309 e. The van der Waals surface area contributed by atoms with Crippen LogP contribution in [0.5, 0.6) is 0 Å². The summed E-state index contributed by atoms with van der Waals surface area (Å²) < 4.78 is 10.1. The molecule has 0 aliphatic rings. The summed E-state index contributed by atoms with van der Waals surface area (Å²) >= 11 is 3.73. The third-order valence-electron chi connectivity index (χ3n) is 15.3. The lowest BCUT2D eigenvalue weighted by Crippen LogP contribution is -2.01. The third-order valence-corrected chi connectivity index (χ3v) is 17.6. The van der Waals surface area contributed by atoms with Crippen LogP contribution in [0, 0.1) is 0 Å². The molecule has 0 saturated heterocycles. The molecule has 0 spiro atoms. The SMILES string of the molecule is c1ccc(-c2cc(-c3cc(-n4c5ccccc5c5cc(-c6ccc7c(c6)sc6ccccc67)ccc54)cc(-n4c5ccccc5c5cc(-c6ccc7c(c6)sc6ccccc67)ccc54)c3)nc(-c3ccccc3)n2)cc1. The Balaban J connectivity index is 0.924. The van der Waals surface area contributed by atoms with Gasteiger partial charge in [-0.15, -0.1) is 22.7 Å². The molecule has 11 aromatic carbocycles. The summed E-state index contributed by atoms with van der Waals surface area (Å²) in [4.78, 5) is 10.6. The van der Waals surface area contributed by atoms with Crippen molar-refractivity contribution in [3.05, 3.63) is 255 Å². The van der Waals surface area contributed by atoms with Crippen molar-refractivity contribution in [3.63, 3.8) is 0 Å². The van der Waals surface area contributed by atoms with Crippen molar-refractivity contribution in [1.82, 2.24) is 19.1 Å². The van der Waals surface area contributed by atoms with Gasteiger partial charge in [-0.2, -0.15) is 0 Å². The number of aromatic nitrogens is 4. The first-order valence-corrected chi connectivity index (χ1v) is 27.3. The van der Waals surface area contributed by atoms with E-state index >= 15 is 0 Å². The first-order chi connectivity index (χ1) is 37.6. The Bertz CT molecular complexity index is 4690. The second-order valence-corrected chi connectivity index (χ2v) is 21.9. The van der Waals surface area contributed by atoms with Crippen LogP contribution in [0.2, 0.25) is 0 Å². The number of benzene rings is 11. The van der Waals surface area contributed by atoms with E-state index in [2.05, 4.69) is 258 Å². The minimum Gasteiger partial charge on any atom is -0.309 e. The molecule has 16 rings (SSSR count). The quantitative estimate of drug-likeness (QED) is 0.159. The lowest BCUT2D eigenvalue weighted by molar-refractivity contribution is 1.13. The van der Waals surface area contributed by atoms with Crippen LogP contribution in [-0.2, 0) is 0 Å². The molecule has 76 heavy (non-hydrogen) atoms. The Morgan fingerprint density at radius 3 is 1.16 bits per heavy atom. The van der Waals surface area contributed by atoms with Gasteiger partial charge in [0, 0.05) is 90.0 Å². The fourth-order valence-corrected chi connectivity index (χ4v) is 14.0. The molecular weight excluding hydrogens is 961 g/mol. The maximum atomic E-state index is 5.43. The van der Waals surface area contributed by atoms with Crippen molar-refractivity contribution in [2.75, 3.05) is 0 Å². The molecule has 5 heterocycles. The lowest BCUT2D eigenvalue weighted by atomic mass is 10.0. The monoisotopic (exact) mass is 1000 g/mol. The van der Waals surface area contributed by atoms with E-state index in [1.807, 2.05) is 28.7 Å². The van der Waals surface area contributed by atoms with Crippen LogP contribution in [0.1, 0.15) is 0 Å². The van der Waals surface area contributed by atoms with Gasteiger partial charge in [0.2, 0.25) is 0 Å². The van der Waals surface area contributed by atoms with Gasteiger partial charge < -0.3 is 9.13 Å². The molecule has 0 saturated carbocycles. The molecule has 0 N–H and O–H groups in total. The minimum absolute atomic E-state index is 0.681. The van der Waals surface area contributed by atoms with E-state index in [1.54, 1.807) is 0 Å². The van der Waals surface area contributed by atoms with E-state index in [0.29, 0.717) is 5.82 Å². The van der Waals surface area contributed by atoms with Crippen LogP contribution in [0.3, 0.4) is 0 Å². The standard InChI is InChI=1S/C70H42N4S2/c1-3-15-43(16-4-1)60-42-61(72-70(71-60)44-17-5-2-6-18-44)49-35-50(73-62-23-11-7-19-52(62)58-37-45(29-33-64(58)73)47-27-31-56-54-21-9-13-25-66(54)75-68(56)39-47)41-51(36-49)74-63-24-12-8-20-53(63)59-38-46(30-34-65(59)74)48-28-32-57-55-22-10-14-26-67(55)76-69(57)40-48/h1-42H. The fourth-order valence-electron chi connectivity index (χ4n) is 11.7. The molecule has 354 valence electrons. The van der Waals surface area contributed by atoms with E-state index in [-0.39, 0.29) is 0 Å². The second kappa shape index (κ2) is 17.0. The highest BCUT2D eigenvalue weighted by Crippen LogP contribution is 2.43. The molecule has 5 aromatic heterocycles.